The minimum Gasteiger partial charge on any atom is -0.381 e. The maximum absolute atomic E-state index is 12.9. The second-order valence-corrected chi connectivity index (χ2v) is 7.64. The molecule has 5 heteroatoms. The van der Waals surface area contributed by atoms with Crippen molar-refractivity contribution in [3.8, 4) is 0 Å². The number of thioether (sulfide) groups is 1. The Morgan fingerprint density at radius 3 is 2.46 bits per heavy atom. The number of carbonyl (C=O) groups is 1. The molecule has 138 valence electrons. The minimum absolute atomic E-state index is 0.0407. The highest BCUT2D eigenvalue weighted by Crippen LogP contribution is 2.34. The number of hydrogen-bond acceptors (Lipinski definition) is 3. The van der Waals surface area contributed by atoms with Crippen LogP contribution in [0.2, 0.25) is 0 Å². The van der Waals surface area contributed by atoms with Crippen molar-refractivity contribution in [3.05, 3.63) is 71.5 Å². The van der Waals surface area contributed by atoms with Crippen LogP contribution in [0.25, 0.3) is 0 Å². The van der Waals surface area contributed by atoms with Gasteiger partial charge in [0.15, 0.2) is 0 Å². The normalized spacial score (nSPS) is 16.2. The largest absolute Gasteiger partial charge is 0.381 e. The van der Waals surface area contributed by atoms with Gasteiger partial charge in [0.2, 0.25) is 5.91 Å². The van der Waals surface area contributed by atoms with Crippen molar-refractivity contribution >= 4 is 17.7 Å². The van der Waals surface area contributed by atoms with E-state index < -0.39 is 0 Å². The third-order valence-electron chi connectivity index (χ3n) is 4.88. The van der Waals surface area contributed by atoms with Crippen LogP contribution in [0.15, 0.2) is 54.6 Å². The molecule has 3 rings (SSSR count). The van der Waals surface area contributed by atoms with E-state index in [0.717, 1.165) is 31.6 Å². The number of carbonyl (C=O) groups excluding carboxylic acids is 1. The van der Waals surface area contributed by atoms with Gasteiger partial charge in [-0.05, 0) is 36.1 Å². The molecule has 0 aliphatic carbocycles. The molecule has 1 aliphatic rings. The summed E-state index contributed by atoms with van der Waals surface area (Å²) < 4.78 is 18.4. The molecule has 26 heavy (non-hydrogen) atoms. The summed E-state index contributed by atoms with van der Waals surface area (Å²) >= 11 is 1.54. The minimum atomic E-state index is -0.237. The summed E-state index contributed by atoms with van der Waals surface area (Å²) in [6.07, 6.45) is 1.83. The lowest BCUT2D eigenvalue weighted by Gasteiger charge is -2.38. The van der Waals surface area contributed by atoms with Crippen LogP contribution >= 0.6 is 11.8 Å². The number of hydrogen-bond donors (Lipinski definition) is 1. The fourth-order valence-corrected chi connectivity index (χ4v) is 4.10. The average Bonchev–Trinajstić information content (AvgIpc) is 2.69. The number of halogens is 1. The molecule has 0 atom stereocenters. The zero-order valence-corrected chi connectivity index (χ0v) is 15.6. The van der Waals surface area contributed by atoms with E-state index in [9.17, 15) is 9.18 Å². The maximum Gasteiger partial charge on any atom is 0.230 e. The van der Waals surface area contributed by atoms with Gasteiger partial charge in [-0.2, -0.15) is 0 Å². The summed E-state index contributed by atoms with van der Waals surface area (Å²) in [5.41, 5.74) is 2.24. The summed E-state index contributed by atoms with van der Waals surface area (Å²) in [5.74, 6) is 0.905. The highest BCUT2D eigenvalue weighted by atomic mass is 32.2. The zero-order valence-electron chi connectivity index (χ0n) is 14.7. The highest BCUT2D eigenvalue weighted by molar-refractivity contribution is 7.99. The third-order valence-corrected chi connectivity index (χ3v) is 5.88. The van der Waals surface area contributed by atoms with Gasteiger partial charge in [-0.25, -0.2) is 4.39 Å². The van der Waals surface area contributed by atoms with Crippen LogP contribution in [0, 0.1) is 5.82 Å². The van der Waals surface area contributed by atoms with E-state index in [-0.39, 0.29) is 17.1 Å². The Labute approximate surface area is 158 Å². The van der Waals surface area contributed by atoms with E-state index in [1.54, 1.807) is 23.9 Å². The maximum atomic E-state index is 12.9. The van der Waals surface area contributed by atoms with Crippen LogP contribution < -0.4 is 5.32 Å². The lowest BCUT2D eigenvalue weighted by molar-refractivity contribution is -0.119. The molecule has 0 unspecified atom stereocenters. The van der Waals surface area contributed by atoms with Gasteiger partial charge >= 0.3 is 0 Å². The van der Waals surface area contributed by atoms with Gasteiger partial charge in [0.25, 0.3) is 0 Å². The van der Waals surface area contributed by atoms with E-state index in [1.807, 2.05) is 18.2 Å². The van der Waals surface area contributed by atoms with Crippen molar-refractivity contribution in [2.45, 2.75) is 24.0 Å². The standard InChI is InChI=1S/C21H24FNO2S/c22-19-8-6-17(7-9-19)14-26-15-20(24)23-16-21(10-12-25-13-11-21)18-4-2-1-3-5-18/h1-9H,10-16H2,(H,23,24). The molecule has 0 saturated carbocycles. The summed E-state index contributed by atoms with van der Waals surface area (Å²) in [4.78, 5) is 12.3. The van der Waals surface area contributed by atoms with E-state index in [1.165, 1.54) is 17.7 Å². The molecule has 1 amide bonds. The molecule has 0 radical (unpaired) electrons. The third kappa shape index (κ3) is 5.08. The van der Waals surface area contributed by atoms with Gasteiger partial charge in [-0.15, -0.1) is 11.8 Å². The number of nitrogens with one attached hydrogen (secondary N) is 1. The molecule has 1 saturated heterocycles. The Hall–Kier alpha value is -1.85. The zero-order chi connectivity index (χ0) is 18.2. The molecular weight excluding hydrogens is 349 g/mol. The van der Waals surface area contributed by atoms with Crippen LogP contribution in [0.5, 0.6) is 0 Å². The lowest BCUT2D eigenvalue weighted by Crippen LogP contribution is -2.45. The Morgan fingerprint density at radius 2 is 1.77 bits per heavy atom. The summed E-state index contributed by atoms with van der Waals surface area (Å²) in [6, 6.07) is 16.8. The van der Waals surface area contributed by atoms with Crippen LogP contribution in [-0.2, 0) is 20.7 Å². The summed E-state index contributed by atoms with van der Waals surface area (Å²) in [7, 11) is 0. The molecule has 2 aromatic rings. The molecule has 3 nitrogen and oxygen atoms in total. The van der Waals surface area contributed by atoms with E-state index in [4.69, 9.17) is 4.74 Å². The molecule has 2 aromatic carbocycles. The monoisotopic (exact) mass is 373 g/mol. The molecular formula is C21H24FNO2S. The van der Waals surface area contributed by atoms with Crippen LogP contribution in [-0.4, -0.2) is 31.4 Å². The topological polar surface area (TPSA) is 38.3 Å². The molecule has 0 bridgehead atoms. The Balaban J connectivity index is 1.50. The predicted octanol–water partition coefficient (Wildman–Crippen LogP) is 3.92. The van der Waals surface area contributed by atoms with Gasteiger partial charge < -0.3 is 10.1 Å². The SMILES string of the molecule is O=C(CSCc1ccc(F)cc1)NCC1(c2ccccc2)CCOCC1. The average molecular weight is 373 g/mol. The van der Waals surface area contributed by atoms with Gasteiger partial charge in [0.1, 0.15) is 5.82 Å². The van der Waals surface area contributed by atoms with Gasteiger partial charge in [-0.1, -0.05) is 42.5 Å². The van der Waals surface area contributed by atoms with Crippen molar-refractivity contribution in [1.29, 1.82) is 0 Å². The molecule has 0 aromatic heterocycles. The number of rotatable bonds is 7. The van der Waals surface area contributed by atoms with Crippen molar-refractivity contribution in [2.24, 2.45) is 0 Å². The Morgan fingerprint density at radius 1 is 1.08 bits per heavy atom. The van der Waals surface area contributed by atoms with Crippen LogP contribution in [0.3, 0.4) is 0 Å². The number of amides is 1. The van der Waals surface area contributed by atoms with Crippen LogP contribution in [0.1, 0.15) is 24.0 Å². The fourth-order valence-electron chi connectivity index (χ4n) is 3.28. The van der Waals surface area contributed by atoms with E-state index in [0.29, 0.717) is 18.1 Å². The summed E-state index contributed by atoms with van der Waals surface area (Å²) in [5, 5.41) is 3.11. The van der Waals surface area contributed by atoms with E-state index >= 15 is 0 Å². The van der Waals surface area contributed by atoms with Gasteiger partial charge in [0, 0.05) is 30.9 Å². The first-order chi connectivity index (χ1) is 12.7. The summed E-state index contributed by atoms with van der Waals surface area (Å²) in [6.45, 7) is 2.09. The first-order valence-corrected chi connectivity index (χ1v) is 10.1. The fraction of sp³-hybridized carbons (Fsp3) is 0.381. The molecule has 1 N–H and O–H groups in total. The number of ether oxygens (including phenoxy) is 1. The lowest BCUT2D eigenvalue weighted by atomic mass is 9.74. The second kappa shape index (κ2) is 9.19. The molecule has 0 spiro atoms. The van der Waals surface area contributed by atoms with Crippen molar-refractivity contribution in [2.75, 3.05) is 25.5 Å². The van der Waals surface area contributed by atoms with Crippen molar-refractivity contribution in [3.63, 3.8) is 0 Å². The van der Waals surface area contributed by atoms with E-state index in [2.05, 4.69) is 17.4 Å². The first-order valence-electron chi connectivity index (χ1n) is 8.90. The molecule has 1 heterocycles. The first kappa shape index (κ1) is 18.9. The van der Waals surface area contributed by atoms with Crippen molar-refractivity contribution in [1.82, 2.24) is 5.32 Å². The Kier molecular flexibility index (Phi) is 6.69. The smallest absolute Gasteiger partial charge is 0.230 e. The second-order valence-electron chi connectivity index (χ2n) is 6.65. The quantitative estimate of drug-likeness (QED) is 0.799. The van der Waals surface area contributed by atoms with Gasteiger partial charge in [-0.3, -0.25) is 4.79 Å². The molecule has 1 fully saturated rings. The van der Waals surface area contributed by atoms with Crippen LogP contribution in [0.4, 0.5) is 4.39 Å². The van der Waals surface area contributed by atoms with Crippen molar-refractivity contribution < 1.29 is 13.9 Å². The molecule has 1 aliphatic heterocycles. The predicted molar refractivity (Wildman–Crippen MR) is 104 cm³/mol. The number of benzene rings is 2. The van der Waals surface area contributed by atoms with Gasteiger partial charge in [0.05, 0.1) is 5.75 Å². The Bertz CT molecular complexity index is 700. The highest BCUT2D eigenvalue weighted by Gasteiger charge is 2.34.